The molecule has 0 aromatic carbocycles. The number of epoxide rings is 1. The quantitative estimate of drug-likeness (QED) is 0.534. The number of fused-ring (bicyclic) bond motifs is 7. The SMILES string of the molecule is CC(=O)OCC(=O)[C@@]12O[C@@H]1C[C@H]1[C@@H]3CCC4=CC(=O)CC[C@]4(C)[C@H]3CC(=O)[C@@]12C. The summed E-state index contributed by atoms with van der Waals surface area (Å²) in [4.78, 5) is 49.7. The van der Waals surface area contributed by atoms with Gasteiger partial charge < -0.3 is 9.47 Å². The highest BCUT2D eigenvalue weighted by molar-refractivity contribution is 6.02. The molecule has 1 aliphatic heterocycles. The number of carbonyl (C=O) groups excluding carboxylic acids is 4. The number of rotatable bonds is 3. The van der Waals surface area contributed by atoms with Gasteiger partial charge in [0.25, 0.3) is 0 Å². The maximum absolute atomic E-state index is 13.6. The molecule has 7 atom stereocenters. The number of carbonyl (C=O) groups is 4. The van der Waals surface area contributed by atoms with E-state index in [9.17, 15) is 19.2 Å². The van der Waals surface area contributed by atoms with Crippen molar-refractivity contribution in [2.45, 2.75) is 71.0 Å². The Morgan fingerprint density at radius 3 is 2.69 bits per heavy atom. The summed E-state index contributed by atoms with van der Waals surface area (Å²) in [6.07, 6.45) is 5.93. The molecular weight excluding hydrogens is 372 g/mol. The summed E-state index contributed by atoms with van der Waals surface area (Å²) in [5.41, 5.74) is -0.852. The van der Waals surface area contributed by atoms with E-state index >= 15 is 0 Å². The van der Waals surface area contributed by atoms with Gasteiger partial charge in [-0.05, 0) is 61.9 Å². The molecule has 4 aliphatic carbocycles. The van der Waals surface area contributed by atoms with Gasteiger partial charge in [-0.25, -0.2) is 0 Å². The highest BCUT2D eigenvalue weighted by atomic mass is 16.6. The molecule has 0 radical (unpaired) electrons. The number of ether oxygens (including phenoxy) is 2. The van der Waals surface area contributed by atoms with Crippen LogP contribution in [0.5, 0.6) is 0 Å². The fourth-order valence-electron chi connectivity index (χ4n) is 7.45. The van der Waals surface area contributed by atoms with Crippen molar-refractivity contribution in [1.29, 1.82) is 0 Å². The van der Waals surface area contributed by atoms with Gasteiger partial charge in [-0.3, -0.25) is 19.2 Å². The number of Topliss-reactive ketones (excluding diaryl/α,β-unsaturated/α-hetero) is 2. The molecule has 29 heavy (non-hydrogen) atoms. The van der Waals surface area contributed by atoms with E-state index in [1.807, 2.05) is 13.0 Å². The zero-order valence-electron chi connectivity index (χ0n) is 17.3. The molecule has 5 aliphatic rings. The molecule has 1 saturated heterocycles. The van der Waals surface area contributed by atoms with Crippen LogP contribution in [0.1, 0.15) is 59.3 Å². The predicted octanol–water partition coefficient (Wildman–Crippen LogP) is 2.58. The Balaban J connectivity index is 1.48. The van der Waals surface area contributed by atoms with Gasteiger partial charge in [-0.1, -0.05) is 12.5 Å². The van der Waals surface area contributed by atoms with Crippen molar-refractivity contribution in [2.75, 3.05) is 6.61 Å². The molecule has 0 aromatic heterocycles. The van der Waals surface area contributed by atoms with Crippen LogP contribution < -0.4 is 0 Å². The summed E-state index contributed by atoms with van der Waals surface area (Å²) in [7, 11) is 0. The van der Waals surface area contributed by atoms with E-state index in [4.69, 9.17) is 9.47 Å². The molecular formula is C23H28O6. The highest BCUT2D eigenvalue weighted by Crippen LogP contribution is 2.72. The van der Waals surface area contributed by atoms with Crippen LogP contribution in [0.3, 0.4) is 0 Å². The largest absolute Gasteiger partial charge is 0.458 e. The van der Waals surface area contributed by atoms with Gasteiger partial charge in [0, 0.05) is 19.8 Å². The minimum absolute atomic E-state index is 0.0966. The Kier molecular flexibility index (Phi) is 3.88. The third kappa shape index (κ3) is 2.27. The minimum atomic E-state index is -1.12. The van der Waals surface area contributed by atoms with Crippen LogP contribution in [-0.4, -0.2) is 41.6 Å². The van der Waals surface area contributed by atoms with E-state index in [1.54, 1.807) is 0 Å². The van der Waals surface area contributed by atoms with Gasteiger partial charge >= 0.3 is 5.97 Å². The van der Waals surface area contributed by atoms with Gasteiger partial charge in [0.1, 0.15) is 5.78 Å². The van der Waals surface area contributed by atoms with Crippen molar-refractivity contribution in [1.82, 2.24) is 0 Å². The highest BCUT2D eigenvalue weighted by Gasteiger charge is 2.83. The first-order valence-electron chi connectivity index (χ1n) is 10.8. The third-order valence-electron chi connectivity index (χ3n) is 9.07. The second-order valence-electron chi connectivity index (χ2n) is 10.1. The van der Waals surface area contributed by atoms with Crippen LogP contribution in [0, 0.1) is 28.6 Å². The van der Waals surface area contributed by atoms with Gasteiger partial charge in [0.15, 0.2) is 18.0 Å². The van der Waals surface area contributed by atoms with E-state index < -0.39 is 17.0 Å². The van der Waals surface area contributed by atoms with E-state index in [0.717, 1.165) is 19.3 Å². The van der Waals surface area contributed by atoms with Crippen LogP contribution in [0.4, 0.5) is 0 Å². The van der Waals surface area contributed by atoms with E-state index in [0.29, 0.717) is 25.2 Å². The summed E-state index contributed by atoms with van der Waals surface area (Å²) >= 11 is 0. The van der Waals surface area contributed by atoms with Crippen LogP contribution >= 0.6 is 0 Å². The van der Waals surface area contributed by atoms with E-state index in [-0.39, 0.29) is 47.3 Å². The third-order valence-corrected chi connectivity index (χ3v) is 9.07. The van der Waals surface area contributed by atoms with Crippen molar-refractivity contribution in [3.8, 4) is 0 Å². The predicted molar refractivity (Wildman–Crippen MR) is 102 cm³/mol. The molecule has 6 nitrogen and oxygen atoms in total. The van der Waals surface area contributed by atoms with E-state index in [2.05, 4.69) is 6.92 Å². The molecule has 0 unspecified atom stereocenters. The summed E-state index contributed by atoms with van der Waals surface area (Å²) < 4.78 is 10.8. The smallest absolute Gasteiger partial charge is 0.303 e. The normalized spacial score (nSPS) is 47.3. The first-order valence-corrected chi connectivity index (χ1v) is 10.8. The monoisotopic (exact) mass is 400 g/mol. The van der Waals surface area contributed by atoms with Gasteiger partial charge in [0.05, 0.1) is 11.5 Å². The van der Waals surface area contributed by atoms with Crippen LogP contribution in [0.2, 0.25) is 0 Å². The molecule has 0 bridgehead atoms. The fourth-order valence-corrected chi connectivity index (χ4v) is 7.45. The Labute approximate surface area is 170 Å². The first-order chi connectivity index (χ1) is 13.6. The Hall–Kier alpha value is -1.82. The number of ketones is 3. The molecule has 3 saturated carbocycles. The molecule has 5 rings (SSSR count). The van der Waals surface area contributed by atoms with Crippen molar-refractivity contribution < 1.29 is 28.7 Å². The number of hydrogen-bond acceptors (Lipinski definition) is 6. The maximum Gasteiger partial charge on any atom is 0.303 e. The van der Waals surface area contributed by atoms with Crippen molar-refractivity contribution in [3.05, 3.63) is 11.6 Å². The Morgan fingerprint density at radius 2 is 1.97 bits per heavy atom. The van der Waals surface area contributed by atoms with Crippen LogP contribution in [0.15, 0.2) is 11.6 Å². The van der Waals surface area contributed by atoms with Gasteiger partial charge in [-0.2, -0.15) is 0 Å². The molecule has 0 aromatic rings. The van der Waals surface area contributed by atoms with Crippen molar-refractivity contribution in [2.24, 2.45) is 28.6 Å². The summed E-state index contributed by atoms with van der Waals surface area (Å²) in [5.74, 6) is 0.188. The zero-order chi connectivity index (χ0) is 20.8. The second-order valence-corrected chi connectivity index (χ2v) is 10.1. The summed E-state index contributed by atoms with van der Waals surface area (Å²) in [5, 5.41) is 0. The average Bonchev–Trinajstić information content (AvgIpc) is 3.34. The lowest BCUT2D eigenvalue weighted by Gasteiger charge is -2.57. The standard InChI is InChI=1S/C23H28O6/c1-12(24)28-11-19(27)23-20(29-23)10-17-15-5-4-13-8-14(25)6-7-21(13,2)16(15)9-18(26)22(17,23)3/h8,15-17,20H,4-7,9-11H2,1-3H3/t15-,16+,17+,20-,21+,22-,23-/m1/s1. The number of hydrogen-bond donors (Lipinski definition) is 0. The number of esters is 1. The minimum Gasteiger partial charge on any atom is -0.458 e. The molecule has 0 amide bonds. The first kappa shape index (κ1) is 19.2. The summed E-state index contributed by atoms with van der Waals surface area (Å²) in [6.45, 7) is 5.08. The van der Waals surface area contributed by atoms with E-state index in [1.165, 1.54) is 12.5 Å². The molecule has 1 heterocycles. The molecule has 6 heteroatoms. The Bertz CT molecular complexity index is 873. The van der Waals surface area contributed by atoms with Crippen LogP contribution in [-0.2, 0) is 28.7 Å². The molecule has 4 fully saturated rings. The topological polar surface area (TPSA) is 90.0 Å². The lowest BCUT2D eigenvalue weighted by Crippen LogP contribution is -2.59. The maximum atomic E-state index is 13.6. The Morgan fingerprint density at radius 1 is 1.21 bits per heavy atom. The van der Waals surface area contributed by atoms with Gasteiger partial charge in [0.2, 0.25) is 5.78 Å². The molecule has 0 spiro atoms. The van der Waals surface area contributed by atoms with Gasteiger partial charge in [-0.15, -0.1) is 0 Å². The van der Waals surface area contributed by atoms with Crippen molar-refractivity contribution >= 4 is 23.3 Å². The average molecular weight is 400 g/mol. The van der Waals surface area contributed by atoms with Crippen LogP contribution in [0.25, 0.3) is 0 Å². The second kappa shape index (κ2) is 5.87. The van der Waals surface area contributed by atoms with Crippen molar-refractivity contribution in [3.63, 3.8) is 0 Å². The molecule has 0 N–H and O–H groups in total. The number of allylic oxidation sites excluding steroid dienone is 1. The lowest BCUT2D eigenvalue weighted by molar-refractivity contribution is -0.161. The lowest BCUT2D eigenvalue weighted by atomic mass is 9.46. The summed E-state index contributed by atoms with van der Waals surface area (Å²) in [6, 6.07) is 0. The molecule has 156 valence electrons. The fraction of sp³-hybridized carbons (Fsp3) is 0.739. The zero-order valence-corrected chi connectivity index (χ0v) is 17.3.